The maximum atomic E-state index is 10.4. The quantitative estimate of drug-likeness (QED) is 0.356. The molecule has 0 aliphatic carbocycles. The molecule has 0 unspecified atom stereocenters. The summed E-state index contributed by atoms with van der Waals surface area (Å²) in [7, 11) is 0. The highest BCUT2D eigenvalue weighted by atomic mass is 32.1. The van der Waals surface area contributed by atoms with Crippen molar-refractivity contribution in [2.75, 3.05) is 0 Å². The predicted octanol–water partition coefficient (Wildman–Crippen LogP) is 1.15. The number of nitro groups is 1. The van der Waals surface area contributed by atoms with Crippen LogP contribution in [0, 0.1) is 10.1 Å². The maximum Gasteiger partial charge on any atom is 0.269 e. The zero-order valence-electron chi connectivity index (χ0n) is 8.51. The van der Waals surface area contributed by atoms with Gasteiger partial charge in [0.1, 0.15) is 0 Å². The third kappa shape index (κ3) is 3.28. The largest absolute Gasteiger partial charge is 0.375 e. The number of nitro benzene ring substituents is 1. The summed E-state index contributed by atoms with van der Waals surface area (Å²) in [5.41, 5.74) is 9.09. The van der Waals surface area contributed by atoms with Gasteiger partial charge in [0.25, 0.3) is 5.69 Å². The van der Waals surface area contributed by atoms with Crippen LogP contribution in [0.2, 0.25) is 0 Å². The van der Waals surface area contributed by atoms with Crippen molar-refractivity contribution in [3.63, 3.8) is 0 Å². The van der Waals surface area contributed by atoms with Gasteiger partial charge in [0.15, 0.2) is 5.11 Å². The lowest BCUT2D eigenvalue weighted by atomic mass is 10.1. The highest BCUT2D eigenvalue weighted by molar-refractivity contribution is 7.80. The number of nitrogens with zero attached hydrogens (tertiary/aromatic N) is 2. The van der Waals surface area contributed by atoms with E-state index >= 15 is 0 Å². The Morgan fingerprint density at radius 3 is 2.50 bits per heavy atom. The van der Waals surface area contributed by atoms with Crippen molar-refractivity contribution in [3.05, 3.63) is 39.9 Å². The number of non-ortho nitro benzene ring substituents is 1. The van der Waals surface area contributed by atoms with E-state index in [4.69, 9.17) is 5.73 Å². The molecule has 0 atom stereocenters. The van der Waals surface area contributed by atoms with Crippen LogP contribution < -0.4 is 11.2 Å². The number of benzene rings is 1. The molecule has 16 heavy (non-hydrogen) atoms. The number of hydrogen-bond donors (Lipinski definition) is 2. The van der Waals surface area contributed by atoms with E-state index in [9.17, 15) is 10.1 Å². The lowest BCUT2D eigenvalue weighted by Crippen LogP contribution is -2.25. The van der Waals surface area contributed by atoms with Crippen molar-refractivity contribution >= 4 is 28.7 Å². The Kier molecular flexibility index (Phi) is 3.90. The standard InChI is InChI=1S/C9H10N4O2S/c1-6(11-12-9(10)16)7-2-4-8(5-3-7)13(14)15/h2-5H,1H3,(H3,10,12,16)/b11-6+. The third-order valence-corrected chi connectivity index (χ3v) is 1.92. The molecule has 0 saturated heterocycles. The molecule has 3 N–H and O–H groups in total. The normalized spacial score (nSPS) is 10.9. The van der Waals surface area contributed by atoms with Crippen molar-refractivity contribution < 1.29 is 4.92 Å². The molecule has 0 bridgehead atoms. The zero-order valence-corrected chi connectivity index (χ0v) is 9.32. The molecule has 1 aromatic carbocycles. The molecule has 1 aromatic rings. The van der Waals surface area contributed by atoms with Crippen LogP contribution in [0.25, 0.3) is 0 Å². The number of nitrogens with one attached hydrogen (secondary N) is 1. The minimum absolute atomic E-state index is 0.0406. The Bertz CT molecular complexity index is 441. The molecule has 0 radical (unpaired) electrons. The van der Waals surface area contributed by atoms with Crippen molar-refractivity contribution in [1.29, 1.82) is 0 Å². The second-order valence-corrected chi connectivity index (χ2v) is 3.42. The van der Waals surface area contributed by atoms with E-state index in [1.807, 2.05) is 0 Å². The second-order valence-electron chi connectivity index (χ2n) is 2.98. The van der Waals surface area contributed by atoms with Crippen LogP contribution in [-0.4, -0.2) is 15.7 Å². The molecule has 0 amide bonds. The van der Waals surface area contributed by atoms with E-state index in [-0.39, 0.29) is 10.8 Å². The summed E-state index contributed by atoms with van der Waals surface area (Å²) >= 11 is 4.59. The molecule has 0 heterocycles. The summed E-state index contributed by atoms with van der Waals surface area (Å²) in [5, 5.41) is 14.4. The van der Waals surface area contributed by atoms with Crippen molar-refractivity contribution in [1.82, 2.24) is 5.43 Å². The van der Waals surface area contributed by atoms with E-state index in [0.29, 0.717) is 5.71 Å². The minimum Gasteiger partial charge on any atom is -0.375 e. The van der Waals surface area contributed by atoms with Crippen LogP contribution in [0.4, 0.5) is 5.69 Å². The number of thiocarbonyl (C=S) groups is 1. The lowest BCUT2D eigenvalue weighted by molar-refractivity contribution is -0.384. The summed E-state index contributed by atoms with van der Waals surface area (Å²) in [6, 6.07) is 6.04. The molecule has 84 valence electrons. The van der Waals surface area contributed by atoms with E-state index in [1.165, 1.54) is 12.1 Å². The van der Waals surface area contributed by atoms with Crippen molar-refractivity contribution in [3.8, 4) is 0 Å². The van der Waals surface area contributed by atoms with Gasteiger partial charge in [0, 0.05) is 12.1 Å². The fourth-order valence-electron chi connectivity index (χ4n) is 1.03. The number of hydrogen-bond acceptors (Lipinski definition) is 4. The van der Waals surface area contributed by atoms with E-state index in [0.717, 1.165) is 5.56 Å². The zero-order chi connectivity index (χ0) is 12.1. The Morgan fingerprint density at radius 1 is 1.50 bits per heavy atom. The van der Waals surface area contributed by atoms with Crippen molar-refractivity contribution in [2.45, 2.75) is 6.92 Å². The maximum absolute atomic E-state index is 10.4. The highest BCUT2D eigenvalue weighted by Gasteiger charge is 2.05. The Morgan fingerprint density at radius 2 is 2.06 bits per heavy atom. The molecule has 0 aliphatic rings. The van der Waals surface area contributed by atoms with Gasteiger partial charge in [-0.1, -0.05) is 0 Å². The fraction of sp³-hybridized carbons (Fsp3) is 0.111. The molecule has 0 spiro atoms. The number of rotatable bonds is 3. The molecular weight excluding hydrogens is 228 g/mol. The number of nitrogens with two attached hydrogens (primary N) is 1. The smallest absolute Gasteiger partial charge is 0.269 e. The minimum atomic E-state index is -0.455. The Balaban J connectivity index is 2.85. The first-order valence-electron chi connectivity index (χ1n) is 4.35. The third-order valence-electron chi connectivity index (χ3n) is 1.83. The molecule has 0 aromatic heterocycles. The molecule has 0 saturated carbocycles. The Hall–Kier alpha value is -2.02. The highest BCUT2D eigenvalue weighted by Crippen LogP contribution is 2.12. The van der Waals surface area contributed by atoms with Crippen LogP contribution in [0.15, 0.2) is 29.4 Å². The van der Waals surface area contributed by atoms with Gasteiger partial charge in [-0.05, 0) is 36.8 Å². The molecule has 0 aliphatic heterocycles. The molecule has 1 rings (SSSR count). The van der Waals surface area contributed by atoms with Gasteiger partial charge < -0.3 is 5.73 Å². The lowest BCUT2D eigenvalue weighted by Gasteiger charge is -2.01. The van der Waals surface area contributed by atoms with Crippen LogP contribution in [0.3, 0.4) is 0 Å². The Labute approximate surface area is 97.3 Å². The van der Waals surface area contributed by atoms with Gasteiger partial charge in [-0.3, -0.25) is 15.5 Å². The number of hydrazone groups is 1. The monoisotopic (exact) mass is 238 g/mol. The summed E-state index contributed by atoms with van der Waals surface area (Å²) < 4.78 is 0. The van der Waals surface area contributed by atoms with E-state index in [1.54, 1.807) is 19.1 Å². The van der Waals surface area contributed by atoms with Crippen LogP contribution in [0.5, 0.6) is 0 Å². The molecule has 6 nitrogen and oxygen atoms in total. The van der Waals surface area contributed by atoms with Crippen LogP contribution >= 0.6 is 12.2 Å². The summed E-state index contributed by atoms with van der Waals surface area (Å²) in [5.74, 6) is 0. The van der Waals surface area contributed by atoms with E-state index in [2.05, 4.69) is 22.7 Å². The van der Waals surface area contributed by atoms with Gasteiger partial charge >= 0.3 is 0 Å². The first-order chi connectivity index (χ1) is 7.50. The SMILES string of the molecule is C/C(=N\NC(N)=S)c1ccc([N+](=O)[O-])cc1. The summed E-state index contributed by atoms with van der Waals surface area (Å²) in [4.78, 5) is 9.97. The van der Waals surface area contributed by atoms with E-state index < -0.39 is 4.92 Å². The first-order valence-corrected chi connectivity index (χ1v) is 4.76. The first kappa shape index (κ1) is 12.1. The van der Waals surface area contributed by atoms with Gasteiger partial charge in [-0.2, -0.15) is 5.10 Å². The fourth-order valence-corrected chi connectivity index (χ4v) is 1.07. The van der Waals surface area contributed by atoms with Gasteiger partial charge in [0.2, 0.25) is 0 Å². The topological polar surface area (TPSA) is 93.5 Å². The summed E-state index contributed by atoms with van der Waals surface area (Å²) in [6.45, 7) is 1.74. The summed E-state index contributed by atoms with van der Waals surface area (Å²) in [6.07, 6.45) is 0. The van der Waals surface area contributed by atoms with Gasteiger partial charge in [0.05, 0.1) is 10.6 Å². The second kappa shape index (κ2) is 5.17. The predicted molar refractivity (Wildman–Crippen MR) is 65.2 cm³/mol. The van der Waals surface area contributed by atoms with Gasteiger partial charge in [-0.25, -0.2) is 0 Å². The van der Waals surface area contributed by atoms with Crippen LogP contribution in [-0.2, 0) is 0 Å². The van der Waals surface area contributed by atoms with Crippen molar-refractivity contribution in [2.24, 2.45) is 10.8 Å². The van der Waals surface area contributed by atoms with Crippen LogP contribution in [0.1, 0.15) is 12.5 Å². The molecular formula is C9H10N4O2S. The van der Waals surface area contributed by atoms with Gasteiger partial charge in [-0.15, -0.1) is 0 Å². The molecule has 7 heteroatoms. The average molecular weight is 238 g/mol. The average Bonchev–Trinajstić information content (AvgIpc) is 2.26. The molecule has 0 fully saturated rings.